The first kappa shape index (κ1) is 26.5. The van der Waals surface area contributed by atoms with E-state index < -0.39 is 6.04 Å². The molecule has 3 N–H and O–H groups in total. The molecule has 0 radical (unpaired) electrons. The SMILES string of the molecule is COc1ccc(C)cc1CCNC(=O)[C@@H](N)Cc1cn(Cc2ccccc2)cn1.Cl.Cl. The van der Waals surface area contributed by atoms with Gasteiger partial charge in [-0.3, -0.25) is 4.79 Å². The zero-order chi connectivity index (χ0) is 20.6. The largest absolute Gasteiger partial charge is 0.496 e. The molecule has 0 saturated carbocycles. The number of nitrogens with one attached hydrogen (secondary N) is 1. The molecule has 3 aromatic rings. The van der Waals surface area contributed by atoms with E-state index in [1.54, 1.807) is 13.4 Å². The topological polar surface area (TPSA) is 82.2 Å². The molecule has 0 saturated heterocycles. The summed E-state index contributed by atoms with van der Waals surface area (Å²) in [5, 5.41) is 2.91. The number of nitrogens with two attached hydrogens (primary N) is 1. The van der Waals surface area contributed by atoms with Crippen LogP contribution in [0.1, 0.15) is 22.4 Å². The minimum absolute atomic E-state index is 0. The number of aryl methyl sites for hydroxylation is 1. The van der Waals surface area contributed by atoms with E-state index in [2.05, 4.69) is 28.5 Å². The molecule has 1 heterocycles. The summed E-state index contributed by atoms with van der Waals surface area (Å²) in [6.45, 7) is 3.29. The summed E-state index contributed by atoms with van der Waals surface area (Å²) < 4.78 is 7.38. The summed E-state index contributed by atoms with van der Waals surface area (Å²) in [4.78, 5) is 16.7. The minimum Gasteiger partial charge on any atom is -0.496 e. The van der Waals surface area contributed by atoms with Crippen LogP contribution in [0, 0.1) is 6.92 Å². The summed E-state index contributed by atoms with van der Waals surface area (Å²) >= 11 is 0. The second kappa shape index (κ2) is 13.0. The molecule has 6 nitrogen and oxygen atoms in total. The molecule has 1 atom stereocenters. The number of hydrogen-bond donors (Lipinski definition) is 2. The number of ether oxygens (including phenoxy) is 1. The molecule has 1 amide bonds. The van der Waals surface area contributed by atoms with E-state index in [1.807, 2.05) is 48.0 Å². The van der Waals surface area contributed by atoms with E-state index in [9.17, 15) is 4.79 Å². The van der Waals surface area contributed by atoms with E-state index in [0.29, 0.717) is 19.4 Å². The monoisotopic (exact) mass is 464 g/mol. The average molecular weight is 465 g/mol. The number of imidazole rings is 1. The van der Waals surface area contributed by atoms with Crippen molar-refractivity contribution in [3.63, 3.8) is 0 Å². The van der Waals surface area contributed by atoms with Crippen molar-refractivity contribution in [2.45, 2.75) is 32.4 Å². The Morgan fingerprint density at radius 3 is 2.65 bits per heavy atom. The quantitative estimate of drug-likeness (QED) is 0.508. The fourth-order valence-electron chi connectivity index (χ4n) is 3.26. The van der Waals surface area contributed by atoms with Gasteiger partial charge in [-0.25, -0.2) is 4.98 Å². The lowest BCUT2D eigenvalue weighted by Gasteiger charge is -2.13. The van der Waals surface area contributed by atoms with E-state index in [-0.39, 0.29) is 30.7 Å². The second-order valence-corrected chi connectivity index (χ2v) is 7.19. The molecule has 1 aromatic heterocycles. The van der Waals surface area contributed by atoms with Crippen LogP contribution in [0.15, 0.2) is 61.1 Å². The van der Waals surface area contributed by atoms with Crippen molar-refractivity contribution in [3.05, 3.63) is 83.4 Å². The van der Waals surface area contributed by atoms with E-state index in [1.165, 1.54) is 5.56 Å². The summed E-state index contributed by atoms with van der Waals surface area (Å²) in [6.07, 6.45) is 4.81. The number of amides is 1. The van der Waals surface area contributed by atoms with Gasteiger partial charge in [-0.2, -0.15) is 0 Å². The zero-order valence-corrected chi connectivity index (χ0v) is 19.4. The minimum atomic E-state index is -0.630. The third-order valence-electron chi connectivity index (χ3n) is 4.79. The molecular weight excluding hydrogens is 435 g/mol. The van der Waals surface area contributed by atoms with Crippen LogP contribution in [0.3, 0.4) is 0 Å². The summed E-state index contributed by atoms with van der Waals surface area (Å²) in [5.74, 6) is 0.660. The lowest BCUT2D eigenvalue weighted by atomic mass is 10.1. The average Bonchev–Trinajstić information content (AvgIpc) is 3.15. The molecule has 0 spiro atoms. The lowest BCUT2D eigenvalue weighted by molar-refractivity contribution is -0.122. The Hall–Kier alpha value is -2.54. The van der Waals surface area contributed by atoms with Crippen LogP contribution in [0.4, 0.5) is 0 Å². The zero-order valence-electron chi connectivity index (χ0n) is 17.8. The van der Waals surface area contributed by atoms with Crippen LogP contribution in [0.5, 0.6) is 5.75 Å². The van der Waals surface area contributed by atoms with Gasteiger partial charge in [0.25, 0.3) is 0 Å². The van der Waals surface area contributed by atoms with Crippen molar-refractivity contribution < 1.29 is 9.53 Å². The number of methoxy groups -OCH3 is 1. The fourth-order valence-corrected chi connectivity index (χ4v) is 3.26. The van der Waals surface area contributed by atoms with Gasteiger partial charge in [0.05, 0.1) is 25.2 Å². The van der Waals surface area contributed by atoms with Crippen molar-refractivity contribution in [2.24, 2.45) is 5.73 Å². The van der Waals surface area contributed by atoms with Crippen LogP contribution in [-0.2, 0) is 24.2 Å². The van der Waals surface area contributed by atoms with Gasteiger partial charge in [-0.15, -0.1) is 24.8 Å². The molecule has 8 heteroatoms. The fraction of sp³-hybridized carbons (Fsp3) is 0.304. The number of rotatable bonds is 9. The predicted octanol–water partition coefficient (Wildman–Crippen LogP) is 3.32. The Balaban J connectivity index is 0.00000240. The van der Waals surface area contributed by atoms with Crippen molar-refractivity contribution in [1.82, 2.24) is 14.9 Å². The number of hydrogen-bond acceptors (Lipinski definition) is 4. The Labute approximate surface area is 196 Å². The van der Waals surface area contributed by atoms with Gasteiger partial charge in [0.1, 0.15) is 5.75 Å². The summed E-state index contributed by atoms with van der Waals surface area (Å²) in [6, 6.07) is 15.6. The number of benzene rings is 2. The van der Waals surface area contributed by atoms with Crippen LogP contribution in [-0.4, -0.2) is 35.2 Å². The van der Waals surface area contributed by atoms with Gasteiger partial charge in [-0.05, 0) is 30.5 Å². The van der Waals surface area contributed by atoms with Gasteiger partial charge in [0, 0.05) is 25.7 Å². The molecular formula is C23H30Cl2N4O2. The summed E-state index contributed by atoms with van der Waals surface area (Å²) in [5.41, 5.74) is 10.3. The highest BCUT2D eigenvalue weighted by atomic mass is 35.5. The van der Waals surface area contributed by atoms with E-state index in [0.717, 1.165) is 29.1 Å². The molecule has 0 fully saturated rings. The molecule has 0 unspecified atom stereocenters. The Bertz CT molecular complexity index is 948. The normalized spacial score (nSPS) is 11.1. The summed E-state index contributed by atoms with van der Waals surface area (Å²) in [7, 11) is 1.65. The van der Waals surface area contributed by atoms with Crippen molar-refractivity contribution in [3.8, 4) is 5.75 Å². The van der Waals surface area contributed by atoms with Gasteiger partial charge >= 0.3 is 0 Å². The number of aromatic nitrogens is 2. The van der Waals surface area contributed by atoms with Gasteiger partial charge in [0.15, 0.2) is 0 Å². The number of carbonyl (C=O) groups excluding carboxylic acids is 1. The van der Waals surface area contributed by atoms with Gasteiger partial charge < -0.3 is 20.4 Å². The third-order valence-corrected chi connectivity index (χ3v) is 4.79. The third kappa shape index (κ3) is 7.90. The maximum atomic E-state index is 12.4. The first-order chi connectivity index (χ1) is 14.0. The van der Waals surface area contributed by atoms with Crippen LogP contribution in [0.25, 0.3) is 0 Å². The van der Waals surface area contributed by atoms with Crippen molar-refractivity contribution >= 4 is 30.7 Å². The van der Waals surface area contributed by atoms with Crippen LogP contribution >= 0.6 is 24.8 Å². The Morgan fingerprint density at radius 2 is 1.94 bits per heavy atom. The maximum absolute atomic E-state index is 12.4. The molecule has 2 aromatic carbocycles. The molecule has 0 aliphatic rings. The van der Waals surface area contributed by atoms with E-state index >= 15 is 0 Å². The standard InChI is InChI=1S/C23H28N4O2.2ClH/c1-17-8-9-22(29-2)19(12-17)10-11-25-23(28)21(24)13-20-15-27(16-26-20)14-18-6-4-3-5-7-18;;/h3-9,12,15-16,21H,10-11,13-14,24H2,1-2H3,(H,25,28);2*1H/t21-;;/m0../s1. The molecule has 0 aliphatic heterocycles. The maximum Gasteiger partial charge on any atom is 0.237 e. The molecule has 0 aliphatic carbocycles. The predicted molar refractivity (Wildman–Crippen MR) is 128 cm³/mol. The van der Waals surface area contributed by atoms with E-state index in [4.69, 9.17) is 10.5 Å². The highest BCUT2D eigenvalue weighted by Crippen LogP contribution is 2.19. The first-order valence-corrected chi connectivity index (χ1v) is 9.76. The van der Waals surface area contributed by atoms with Crippen molar-refractivity contribution in [1.29, 1.82) is 0 Å². The highest BCUT2D eigenvalue weighted by molar-refractivity contribution is 5.85. The number of halogens is 2. The first-order valence-electron chi connectivity index (χ1n) is 9.76. The number of nitrogens with zero attached hydrogens (tertiary/aromatic N) is 2. The van der Waals surface area contributed by atoms with Gasteiger partial charge in [-0.1, -0.05) is 48.0 Å². The van der Waals surface area contributed by atoms with Crippen LogP contribution in [0.2, 0.25) is 0 Å². The molecule has 168 valence electrons. The van der Waals surface area contributed by atoms with Crippen molar-refractivity contribution in [2.75, 3.05) is 13.7 Å². The Morgan fingerprint density at radius 1 is 1.19 bits per heavy atom. The smallest absolute Gasteiger partial charge is 0.237 e. The molecule has 0 bridgehead atoms. The van der Waals surface area contributed by atoms with Gasteiger partial charge in [0.2, 0.25) is 5.91 Å². The van der Waals surface area contributed by atoms with Crippen LogP contribution < -0.4 is 15.8 Å². The number of carbonyl (C=O) groups is 1. The second-order valence-electron chi connectivity index (χ2n) is 7.19. The lowest BCUT2D eigenvalue weighted by Crippen LogP contribution is -2.42. The Kier molecular flexibility index (Phi) is 11.1. The molecule has 3 rings (SSSR count). The molecule has 31 heavy (non-hydrogen) atoms. The highest BCUT2D eigenvalue weighted by Gasteiger charge is 2.15.